The second kappa shape index (κ2) is 10.3. The van der Waals surface area contributed by atoms with E-state index in [0.717, 1.165) is 18.5 Å². The number of rotatable bonds is 8. The SMILES string of the molecule is COc1ccc(CCN2CN=C(NS(=O)(=O)c3ccc(NC(C)=O)cc3)NC2)cc1OC. The first-order chi connectivity index (χ1) is 15.3. The summed E-state index contributed by atoms with van der Waals surface area (Å²) >= 11 is 0. The molecule has 3 rings (SSSR count). The molecule has 0 radical (unpaired) electrons. The van der Waals surface area contributed by atoms with Crippen LogP contribution in [0.4, 0.5) is 5.69 Å². The quantitative estimate of drug-likeness (QED) is 0.543. The average Bonchev–Trinajstić information content (AvgIpc) is 2.78. The van der Waals surface area contributed by atoms with Gasteiger partial charge in [-0.25, -0.2) is 18.1 Å². The lowest BCUT2D eigenvalue weighted by molar-refractivity contribution is -0.114. The van der Waals surface area contributed by atoms with E-state index in [1.807, 2.05) is 18.2 Å². The molecule has 0 fully saturated rings. The predicted octanol–water partition coefficient (Wildman–Crippen LogP) is 1.36. The number of benzene rings is 2. The molecule has 0 unspecified atom stereocenters. The summed E-state index contributed by atoms with van der Waals surface area (Å²) in [6.07, 6.45) is 0.777. The molecule has 0 aromatic heterocycles. The van der Waals surface area contributed by atoms with E-state index >= 15 is 0 Å². The van der Waals surface area contributed by atoms with Crippen LogP contribution in [0, 0.1) is 0 Å². The molecule has 0 aliphatic carbocycles. The van der Waals surface area contributed by atoms with Gasteiger partial charge in [-0.05, 0) is 48.4 Å². The number of nitrogens with zero attached hydrogens (tertiary/aromatic N) is 2. The Labute approximate surface area is 187 Å². The molecule has 0 saturated carbocycles. The summed E-state index contributed by atoms with van der Waals surface area (Å²) in [6.45, 7) is 2.93. The van der Waals surface area contributed by atoms with Crippen LogP contribution in [-0.4, -0.2) is 59.3 Å². The number of methoxy groups -OCH3 is 2. The molecule has 1 heterocycles. The Morgan fingerprint density at radius 3 is 2.44 bits per heavy atom. The Morgan fingerprint density at radius 2 is 1.84 bits per heavy atom. The van der Waals surface area contributed by atoms with Gasteiger partial charge in [-0.2, -0.15) is 0 Å². The number of anilines is 1. The molecule has 0 saturated heterocycles. The number of hydrogen-bond donors (Lipinski definition) is 3. The summed E-state index contributed by atoms with van der Waals surface area (Å²) in [5.41, 5.74) is 1.62. The van der Waals surface area contributed by atoms with E-state index < -0.39 is 10.0 Å². The maximum absolute atomic E-state index is 12.6. The molecule has 1 amide bonds. The second-order valence-electron chi connectivity index (χ2n) is 7.13. The van der Waals surface area contributed by atoms with Gasteiger partial charge < -0.3 is 20.1 Å². The van der Waals surface area contributed by atoms with Crippen LogP contribution >= 0.6 is 0 Å². The van der Waals surface area contributed by atoms with Gasteiger partial charge in [-0.3, -0.25) is 9.69 Å². The maximum Gasteiger partial charge on any atom is 0.264 e. The standard InChI is InChI=1S/C21H27N5O5S/c1-15(27)24-17-5-7-18(8-6-17)32(28,29)25-21-22-13-26(14-23-21)11-10-16-4-9-19(30-2)20(12-16)31-3/h4-9,12H,10-11,13-14H2,1-3H3,(H,24,27)(H2,22,23,25). The molecule has 2 aromatic rings. The van der Waals surface area contributed by atoms with Crippen LogP contribution < -0.4 is 24.8 Å². The van der Waals surface area contributed by atoms with Gasteiger partial charge in [-0.1, -0.05) is 6.07 Å². The number of carbonyl (C=O) groups excluding carboxylic acids is 1. The van der Waals surface area contributed by atoms with Crippen molar-refractivity contribution in [3.8, 4) is 11.5 Å². The lowest BCUT2D eigenvalue weighted by Crippen LogP contribution is -2.50. The highest BCUT2D eigenvalue weighted by Gasteiger charge is 2.19. The van der Waals surface area contributed by atoms with Crippen molar-refractivity contribution in [2.75, 3.05) is 39.4 Å². The van der Waals surface area contributed by atoms with E-state index in [-0.39, 0.29) is 16.8 Å². The minimum atomic E-state index is -3.79. The van der Waals surface area contributed by atoms with E-state index in [1.165, 1.54) is 31.2 Å². The zero-order chi connectivity index (χ0) is 23.1. The first kappa shape index (κ1) is 23.4. The van der Waals surface area contributed by atoms with Gasteiger partial charge in [0, 0.05) is 19.2 Å². The van der Waals surface area contributed by atoms with E-state index in [9.17, 15) is 13.2 Å². The van der Waals surface area contributed by atoms with Crippen molar-refractivity contribution in [2.45, 2.75) is 18.2 Å². The number of guanidine groups is 1. The van der Waals surface area contributed by atoms with E-state index in [4.69, 9.17) is 9.47 Å². The number of nitrogens with one attached hydrogen (secondary N) is 3. The van der Waals surface area contributed by atoms with Crippen LogP contribution in [0.3, 0.4) is 0 Å². The molecule has 0 atom stereocenters. The molecule has 0 spiro atoms. The third-order valence-electron chi connectivity index (χ3n) is 4.78. The molecule has 3 N–H and O–H groups in total. The normalized spacial score (nSPS) is 14.2. The summed E-state index contributed by atoms with van der Waals surface area (Å²) in [7, 11) is -0.592. The predicted molar refractivity (Wildman–Crippen MR) is 121 cm³/mol. The van der Waals surface area contributed by atoms with Gasteiger partial charge in [0.1, 0.15) is 0 Å². The van der Waals surface area contributed by atoms with Crippen molar-refractivity contribution < 1.29 is 22.7 Å². The van der Waals surface area contributed by atoms with E-state index in [1.54, 1.807) is 14.2 Å². The van der Waals surface area contributed by atoms with Crippen LogP contribution in [0.5, 0.6) is 11.5 Å². The highest BCUT2D eigenvalue weighted by atomic mass is 32.2. The monoisotopic (exact) mass is 461 g/mol. The average molecular weight is 462 g/mol. The Hall–Kier alpha value is -3.31. The third-order valence-corrected chi connectivity index (χ3v) is 6.13. The molecule has 0 bridgehead atoms. The van der Waals surface area contributed by atoms with Gasteiger partial charge in [0.2, 0.25) is 11.9 Å². The smallest absolute Gasteiger partial charge is 0.264 e. The van der Waals surface area contributed by atoms with Gasteiger partial charge >= 0.3 is 0 Å². The van der Waals surface area contributed by atoms with Crippen molar-refractivity contribution >= 4 is 27.6 Å². The molecule has 1 aliphatic rings. The van der Waals surface area contributed by atoms with Crippen LogP contribution in [0.15, 0.2) is 52.4 Å². The molecular formula is C21H27N5O5S. The topological polar surface area (TPSA) is 121 Å². The van der Waals surface area contributed by atoms with Gasteiger partial charge in [0.25, 0.3) is 10.0 Å². The Morgan fingerprint density at radius 1 is 1.12 bits per heavy atom. The Kier molecular flexibility index (Phi) is 7.54. The minimum absolute atomic E-state index is 0.0759. The molecule has 172 valence electrons. The van der Waals surface area contributed by atoms with Crippen LogP contribution in [0.25, 0.3) is 0 Å². The van der Waals surface area contributed by atoms with Crippen molar-refractivity contribution in [1.29, 1.82) is 0 Å². The fraction of sp³-hybridized carbons (Fsp3) is 0.333. The Balaban J connectivity index is 1.54. The number of sulfonamides is 1. The van der Waals surface area contributed by atoms with Crippen molar-refractivity contribution in [3.05, 3.63) is 48.0 Å². The molecular weight excluding hydrogens is 434 g/mol. The fourth-order valence-electron chi connectivity index (χ4n) is 3.11. The van der Waals surface area contributed by atoms with Gasteiger partial charge in [0.05, 0.1) is 32.5 Å². The highest BCUT2D eigenvalue weighted by molar-refractivity contribution is 7.90. The number of hydrogen-bond acceptors (Lipinski definition) is 8. The van der Waals surface area contributed by atoms with Crippen LogP contribution in [0.2, 0.25) is 0 Å². The van der Waals surface area contributed by atoms with E-state index in [0.29, 0.717) is 30.5 Å². The maximum atomic E-state index is 12.6. The number of aliphatic imine (C=N–C) groups is 1. The zero-order valence-corrected chi connectivity index (χ0v) is 19.0. The lowest BCUT2D eigenvalue weighted by Gasteiger charge is -2.27. The largest absolute Gasteiger partial charge is 0.493 e. The molecule has 2 aromatic carbocycles. The summed E-state index contributed by atoms with van der Waals surface area (Å²) in [6, 6.07) is 11.7. The van der Waals surface area contributed by atoms with Crippen molar-refractivity contribution in [2.24, 2.45) is 4.99 Å². The number of ether oxygens (including phenoxy) is 2. The molecule has 32 heavy (non-hydrogen) atoms. The zero-order valence-electron chi connectivity index (χ0n) is 18.2. The summed E-state index contributed by atoms with van der Waals surface area (Å²) < 4.78 is 38.2. The number of amides is 1. The second-order valence-corrected chi connectivity index (χ2v) is 8.81. The summed E-state index contributed by atoms with van der Waals surface area (Å²) in [5.74, 6) is 1.33. The number of carbonyl (C=O) groups is 1. The first-order valence-electron chi connectivity index (χ1n) is 9.93. The summed E-state index contributed by atoms with van der Waals surface area (Å²) in [5, 5.41) is 5.59. The highest BCUT2D eigenvalue weighted by Crippen LogP contribution is 2.27. The Bertz CT molecular complexity index is 1090. The van der Waals surface area contributed by atoms with Crippen LogP contribution in [-0.2, 0) is 21.2 Å². The minimum Gasteiger partial charge on any atom is -0.493 e. The molecule has 11 heteroatoms. The van der Waals surface area contributed by atoms with Crippen molar-refractivity contribution in [1.82, 2.24) is 14.9 Å². The first-order valence-corrected chi connectivity index (χ1v) is 11.4. The third kappa shape index (κ3) is 6.11. The fourth-order valence-corrected chi connectivity index (χ4v) is 4.12. The molecule has 1 aliphatic heterocycles. The van der Waals surface area contributed by atoms with Gasteiger partial charge in [0.15, 0.2) is 11.5 Å². The molecule has 10 nitrogen and oxygen atoms in total. The van der Waals surface area contributed by atoms with E-state index in [2.05, 4.69) is 25.2 Å². The lowest BCUT2D eigenvalue weighted by atomic mass is 10.1. The van der Waals surface area contributed by atoms with Crippen molar-refractivity contribution in [3.63, 3.8) is 0 Å². The summed E-state index contributed by atoms with van der Waals surface area (Å²) in [4.78, 5) is 17.5. The van der Waals surface area contributed by atoms with Crippen LogP contribution in [0.1, 0.15) is 12.5 Å². The van der Waals surface area contributed by atoms with Gasteiger partial charge in [-0.15, -0.1) is 0 Å².